The zero-order valence-corrected chi connectivity index (χ0v) is 10.3. The van der Waals surface area contributed by atoms with E-state index in [9.17, 15) is 0 Å². The predicted molar refractivity (Wildman–Crippen MR) is 62.5 cm³/mol. The minimum atomic E-state index is 0.263. The van der Waals surface area contributed by atoms with Crippen molar-refractivity contribution < 1.29 is 14.0 Å². The zero-order valence-electron chi connectivity index (χ0n) is 10.3. The van der Waals surface area contributed by atoms with Crippen LogP contribution in [0.25, 0.3) is 0 Å². The van der Waals surface area contributed by atoms with Gasteiger partial charge in [0, 0.05) is 19.2 Å². The first-order chi connectivity index (χ1) is 8.38. The Hall–Kier alpha value is -0.910. The Labute approximate surface area is 101 Å². The van der Waals surface area contributed by atoms with Gasteiger partial charge in [0.2, 0.25) is 0 Å². The highest BCUT2D eigenvalue weighted by Crippen LogP contribution is 2.13. The Morgan fingerprint density at radius 2 is 2.53 bits per heavy atom. The Morgan fingerprint density at radius 3 is 3.29 bits per heavy atom. The molecule has 17 heavy (non-hydrogen) atoms. The van der Waals surface area contributed by atoms with Crippen LogP contribution in [0, 0.1) is 0 Å². The number of nitrogens with one attached hydrogen (secondary N) is 1. The largest absolute Gasteiger partial charge is 0.376 e. The standard InChI is InChI=1S/C12H20N2O3/c1-2-13-7-10-6-12(17-14-10)9-15-8-11-4-3-5-16-11/h6,11,13H,2-5,7-9H2,1H3. The van der Waals surface area contributed by atoms with E-state index in [0.717, 1.165) is 44.0 Å². The molecule has 5 nitrogen and oxygen atoms in total. The molecule has 1 aromatic heterocycles. The molecule has 0 spiro atoms. The maximum atomic E-state index is 5.54. The lowest BCUT2D eigenvalue weighted by atomic mass is 10.2. The van der Waals surface area contributed by atoms with Crippen LogP contribution in [0.4, 0.5) is 0 Å². The average Bonchev–Trinajstić information content (AvgIpc) is 2.98. The fourth-order valence-electron chi connectivity index (χ4n) is 1.83. The fraction of sp³-hybridized carbons (Fsp3) is 0.750. The average molecular weight is 240 g/mol. The van der Waals surface area contributed by atoms with Gasteiger partial charge in [-0.1, -0.05) is 12.1 Å². The van der Waals surface area contributed by atoms with Crippen LogP contribution in [-0.2, 0) is 22.6 Å². The van der Waals surface area contributed by atoms with Crippen molar-refractivity contribution in [3.63, 3.8) is 0 Å². The van der Waals surface area contributed by atoms with Crippen LogP contribution < -0.4 is 5.32 Å². The van der Waals surface area contributed by atoms with Gasteiger partial charge in [-0.15, -0.1) is 0 Å². The number of nitrogens with zero attached hydrogens (tertiary/aromatic N) is 1. The van der Waals surface area contributed by atoms with Gasteiger partial charge in [-0.2, -0.15) is 0 Å². The van der Waals surface area contributed by atoms with Gasteiger partial charge in [-0.25, -0.2) is 0 Å². The molecule has 1 atom stereocenters. The lowest BCUT2D eigenvalue weighted by Crippen LogP contribution is -2.13. The Kier molecular flexibility index (Phi) is 4.97. The van der Waals surface area contributed by atoms with E-state index in [1.165, 1.54) is 0 Å². The van der Waals surface area contributed by atoms with Gasteiger partial charge in [0.15, 0.2) is 5.76 Å². The third-order valence-electron chi connectivity index (χ3n) is 2.74. The minimum Gasteiger partial charge on any atom is -0.376 e. The lowest BCUT2D eigenvalue weighted by molar-refractivity contribution is 0.00453. The van der Waals surface area contributed by atoms with Crippen LogP contribution >= 0.6 is 0 Å². The molecule has 1 aliphatic rings. The summed E-state index contributed by atoms with van der Waals surface area (Å²) in [6.45, 7) is 5.71. The lowest BCUT2D eigenvalue weighted by Gasteiger charge is -2.08. The monoisotopic (exact) mass is 240 g/mol. The predicted octanol–water partition coefficient (Wildman–Crippen LogP) is 1.48. The number of hydrogen-bond donors (Lipinski definition) is 1. The summed E-state index contributed by atoms with van der Waals surface area (Å²) in [4.78, 5) is 0. The van der Waals surface area contributed by atoms with Crippen molar-refractivity contribution in [2.75, 3.05) is 19.8 Å². The van der Waals surface area contributed by atoms with Crippen LogP contribution in [-0.4, -0.2) is 31.0 Å². The topological polar surface area (TPSA) is 56.5 Å². The molecule has 0 bridgehead atoms. The van der Waals surface area contributed by atoms with Gasteiger partial charge in [0.1, 0.15) is 6.61 Å². The number of ether oxygens (including phenoxy) is 2. The number of rotatable bonds is 7. The molecular weight excluding hydrogens is 220 g/mol. The van der Waals surface area contributed by atoms with E-state index in [1.807, 2.05) is 6.07 Å². The normalized spacial score (nSPS) is 19.9. The molecule has 2 rings (SSSR count). The minimum absolute atomic E-state index is 0.263. The van der Waals surface area contributed by atoms with Crippen LogP contribution in [0.15, 0.2) is 10.6 Å². The Balaban J connectivity index is 1.65. The second-order valence-electron chi connectivity index (χ2n) is 4.22. The first kappa shape index (κ1) is 12.5. The summed E-state index contributed by atoms with van der Waals surface area (Å²) in [6, 6.07) is 1.93. The molecule has 5 heteroatoms. The molecule has 2 heterocycles. The Morgan fingerprint density at radius 1 is 1.59 bits per heavy atom. The van der Waals surface area contributed by atoms with E-state index < -0.39 is 0 Å². The van der Waals surface area contributed by atoms with Crippen molar-refractivity contribution in [3.05, 3.63) is 17.5 Å². The van der Waals surface area contributed by atoms with E-state index >= 15 is 0 Å². The molecule has 0 amide bonds. The molecule has 1 aromatic rings. The molecule has 1 N–H and O–H groups in total. The summed E-state index contributed by atoms with van der Waals surface area (Å²) in [6.07, 6.45) is 2.50. The van der Waals surface area contributed by atoms with Crippen molar-refractivity contribution in [2.45, 2.75) is 39.0 Å². The molecule has 96 valence electrons. The summed E-state index contributed by atoms with van der Waals surface area (Å²) in [5.41, 5.74) is 0.919. The summed E-state index contributed by atoms with van der Waals surface area (Å²) < 4.78 is 16.2. The van der Waals surface area contributed by atoms with Crippen LogP contribution in [0.3, 0.4) is 0 Å². The van der Waals surface area contributed by atoms with Crippen molar-refractivity contribution >= 4 is 0 Å². The Bertz CT molecular complexity index is 321. The first-order valence-electron chi connectivity index (χ1n) is 6.23. The number of hydrogen-bond acceptors (Lipinski definition) is 5. The quantitative estimate of drug-likeness (QED) is 0.782. The van der Waals surface area contributed by atoms with Crippen molar-refractivity contribution in [1.82, 2.24) is 10.5 Å². The molecule has 0 aromatic carbocycles. The molecule has 1 saturated heterocycles. The van der Waals surface area contributed by atoms with Gasteiger partial charge < -0.3 is 19.3 Å². The zero-order chi connectivity index (χ0) is 11.9. The van der Waals surface area contributed by atoms with Crippen molar-refractivity contribution in [3.8, 4) is 0 Å². The van der Waals surface area contributed by atoms with Gasteiger partial charge in [-0.3, -0.25) is 0 Å². The third kappa shape index (κ3) is 4.11. The smallest absolute Gasteiger partial charge is 0.162 e. The highest BCUT2D eigenvalue weighted by molar-refractivity contribution is 5.04. The van der Waals surface area contributed by atoms with Crippen molar-refractivity contribution in [1.29, 1.82) is 0 Å². The van der Waals surface area contributed by atoms with E-state index in [2.05, 4.69) is 17.4 Å². The van der Waals surface area contributed by atoms with Gasteiger partial charge in [-0.05, 0) is 19.4 Å². The SMILES string of the molecule is CCNCc1cc(COCC2CCCO2)on1. The van der Waals surface area contributed by atoms with Gasteiger partial charge >= 0.3 is 0 Å². The highest BCUT2D eigenvalue weighted by Gasteiger charge is 2.15. The van der Waals surface area contributed by atoms with Crippen molar-refractivity contribution in [2.24, 2.45) is 0 Å². The molecule has 0 radical (unpaired) electrons. The molecule has 0 saturated carbocycles. The van der Waals surface area contributed by atoms with Crippen LogP contribution in [0.1, 0.15) is 31.2 Å². The molecule has 1 fully saturated rings. The van der Waals surface area contributed by atoms with Gasteiger partial charge in [0.05, 0.1) is 18.4 Å². The summed E-state index contributed by atoms with van der Waals surface area (Å²) in [5.74, 6) is 0.774. The van der Waals surface area contributed by atoms with E-state index in [1.54, 1.807) is 0 Å². The maximum absolute atomic E-state index is 5.54. The van der Waals surface area contributed by atoms with E-state index in [4.69, 9.17) is 14.0 Å². The highest BCUT2D eigenvalue weighted by atomic mass is 16.5. The fourth-order valence-corrected chi connectivity index (χ4v) is 1.83. The molecule has 1 aliphatic heterocycles. The second-order valence-corrected chi connectivity index (χ2v) is 4.22. The first-order valence-corrected chi connectivity index (χ1v) is 6.23. The summed E-state index contributed by atoms with van der Waals surface area (Å²) >= 11 is 0. The maximum Gasteiger partial charge on any atom is 0.162 e. The number of aromatic nitrogens is 1. The molecule has 0 aliphatic carbocycles. The van der Waals surface area contributed by atoms with E-state index in [-0.39, 0.29) is 6.10 Å². The molecular formula is C12H20N2O3. The summed E-state index contributed by atoms with van der Waals surface area (Å²) in [5, 5.41) is 7.15. The summed E-state index contributed by atoms with van der Waals surface area (Å²) in [7, 11) is 0. The van der Waals surface area contributed by atoms with Crippen LogP contribution in [0.2, 0.25) is 0 Å². The van der Waals surface area contributed by atoms with Gasteiger partial charge in [0.25, 0.3) is 0 Å². The van der Waals surface area contributed by atoms with Crippen LogP contribution in [0.5, 0.6) is 0 Å². The third-order valence-corrected chi connectivity index (χ3v) is 2.74. The second kappa shape index (κ2) is 6.74. The molecule has 1 unspecified atom stereocenters. The van der Waals surface area contributed by atoms with E-state index in [0.29, 0.717) is 13.2 Å².